The van der Waals surface area contributed by atoms with Crippen molar-refractivity contribution in [1.82, 2.24) is 0 Å². The summed E-state index contributed by atoms with van der Waals surface area (Å²) in [5, 5.41) is 10.5. The summed E-state index contributed by atoms with van der Waals surface area (Å²) in [7, 11) is 0. The summed E-state index contributed by atoms with van der Waals surface area (Å²) in [5.74, 6) is 0. The van der Waals surface area contributed by atoms with E-state index in [4.69, 9.17) is 0 Å². The molecule has 0 unspecified atom stereocenters. The number of fused-ring (bicyclic) bond motifs is 8. The van der Waals surface area contributed by atoms with Crippen molar-refractivity contribution < 1.29 is 0 Å². The molecule has 0 radical (unpaired) electrons. The molecule has 0 atom stereocenters. The van der Waals surface area contributed by atoms with E-state index < -0.39 is 0 Å². The second-order valence-corrected chi connectivity index (χ2v) is 19.0. The van der Waals surface area contributed by atoms with Crippen LogP contribution in [-0.4, -0.2) is 0 Å². The minimum absolute atomic E-state index is 1.14. The Morgan fingerprint density at radius 2 is 0.515 bits per heavy atom. The number of benzene rings is 11. The summed E-state index contributed by atoms with van der Waals surface area (Å²) >= 11 is 0. The Morgan fingerprint density at radius 3 is 0.803 bits per heavy atom. The molecular weight excluding hydrogens is 797 g/mol. The van der Waals surface area contributed by atoms with Gasteiger partial charge >= 0.3 is 0 Å². The highest BCUT2D eigenvalue weighted by Crippen LogP contribution is 2.62. The number of hydrogen-bond acceptors (Lipinski definition) is 2. The first-order valence-electron chi connectivity index (χ1n) is 23.5. The van der Waals surface area contributed by atoms with Crippen LogP contribution in [0.4, 0.5) is 34.1 Å². The highest BCUT2D eigenvalue weighted by atomic mass is 15.2. The molecule has 2 aliphatic rings. The maximum absolute atomic E-state index is 2.56. The molecular formula is C64H50N2. The Hall–Kier alpha value is -7.68. The van der Waals surface area contributed by atoms with Gasteiger partial charge < -0.3 is 9.80 Å². The van der Waals surface area contributed by atoms with Crippen LogP contribution in [0, 0.1) is 55.4 Å². The van der Waals surface area contributed by atoms with Crippen molar-refractivity contribution in [3.8, 4) is 44.5 Å². The molecule has 0 fully saturated rings. The molecule has 66 heavy (non-hydrogen) atoms. The van der Waals surface area contributed by atoms with Gasteiger partial charge in [-0.15, -0.1) is 0 Å². The maximum Gasteiger partial charge on any atom is 0.0553 e. The third-order valence-corrected chi connectivity index (χ3v) is 16.1. The maximum atomic E-state index is 2.56. The van der Waals surface area contributed by atoms with Gasteiger partial charge in [0.1, 0.15) is 0 Å². The molecule has 0 bridgehead atoms. The lowest BCUT2D eigenvalue weighted by molar-refractivity contribution is 1.23. The van der Waals surface area contributed by atoms with E-state index in [1.54, 1.807) is 0 Å². The van der Waals surface area contributed by atoms with E-state index in [1.807, 2.05) is 0 Å². The number of rotatable bonds is 6. The van der Waals surface area contributed by atoms with Crippen molar-refractivity contribution >= 4 is 77.2 Å². The number of nitrogens with zero attached hydrogens (tertiary/aromatic N) is 2. The Bertz CT molecular complexity index is 3530. The van der Waals surface area contributed by atoms with E-state index >= 15 is 0 Å². The summed E-state index contributed by atoms with van der Waals surface area (Å²) in [5.41, 5.74) is 28.8. The number of para-hydroxylation sites is 4. The van der Waals surface area contributed by atoms with E-state index in [0.29, 0.717) is 0 Å². The van der Waals surface area contributed by atoms with E-state index in [2.05, 4.69) is 223 Å². The van der Waals surface area contributed by atoms with Crippen LogP contribution in [0.25, 0.3) is 87.6 Å². The monoisotopic (exact) mass is 846 g/mol. The van der Waals surface area contributed by atoms with E-state index in [1.165, 1.54) is 143 Å². The van der Waals surface area contributed by atoms with E-state index in [0.717, 1.165) is 22.7 Å². The SMILES string of the molecule is Cc1c(C)c(C)c2c(c1C)-c1ccc3c4c(N(c5ccccc5)c5ccccc5)cc5c6c(ccc(c7c(N(c8ccccc8)c8ccccc8)cc-2c1c37)c64)-c1c(C)c(C)c(C)c(C)c1-5. The van der Waals surface area contributed by atoms with Gasteiger partial charge in [-0.2, -0.15) is 0 Å². The Labute approximate surface area is 387 Å². The lowest BCUT2D eigenvalue weighted by Crippen LogP contribution is -2.12. The summed E-state index contributed by atoms with van der Waals surface area (Å²) in [4.78, 5) is 5.04. The van der Waals surface area contributed by atoms with E-state index in [9.17, 15) is 0 Å². The molecule has 0 spiro atoms. The third kappa shape index (κ3) is 4.96. The zero-order valence-corrected chi connectivity index (χ0v) is 38.9. The summed E-state index contributed by atoms with van der Waals surface area (Å²) in [6.07, 6.45) is 0. The summed E-state index contributed by atoms with van der Waals surface area (Å²) < 4.78 is 0. The lowest BCUT2D eigenvalue weighted by atomic mass is 9.84. The van der Waals surface area contributed by atoms with Crippen LogP contribution in [0.5, 0.6) is 0 Å². The minimum Gasteiger partial charge on any atom is -0.310 e. The fraction of sp³-hybridized carbons (Fsp3) is 0.125. The highest BCUT2D eigenvalue weighted by molar-refractivity contribution is 6.44. The molecule has 2 aliphatic carbocycles. The molecule has 0 N–H and O–H groups in total. The zero-order valence-electron chi connectivity index (χ0n) is 38.9. The van der Waals surface area contributed by atoms with Crippen molar-refractivity contribution in [3.05, 3.63) is 202 Å². The molecule has 316 valence electrons. The average molecular weight is 847 g/mol. The molecule has 0 saturated heterocycles. The van der Waals surface area contributed by atoms with Gasteiger partial charge in [-0.05, 0) is 227 Å². The van der Waals surface area contributed by atoms with Crippen LogP contribution in [-0.2, 0) is 0 Å². The molecule has 0 saturated carbocycles. The standard InChI is InChI=1S/C64H50N2/c1-35-37(3)41(7)57-51-33-53(65(43-21-13-9-14-22-43)44-23-15-10-16-24-44)61-50-32-30-48-56-40(6)36(2)38(4)42(8)58(56)52-34-54(66(45-25-17-11-18-26-45)46-27-19-12-20-28-46)62(64(50)60(48)52)49-31-29-47(55(57)39(35)5)59(51)63(49)61/h9-34H,1-8H3. The first kappa shape index (κ1) is 38.8. The molecule has 2 heteroatoms. The average Bonchev–Trinajstić information content (AvgIpc) is 3.88. The molecule has 0 aromatic heterocycles. The molecule has 0 heterocycles. The van der Waals surface area contributed by atoms with Crippen LogP contribution in [0.1, 0.15) is 44.5 Å². The van der Waals surface area contributed by atoms with Gasteiger partial charge in [0, 0.05) is 44.3 Å². The van der Waals surface area contributed by atoms with E-state index in [-0.39, 0.29) is 0 Å². The second-order valence-electron chi connectivity index (χ2n) is 19.0. The van der Waals surface area contributed by atoms with Crippen molar-refractivity contribution in [3.63, 3.8) is 0 Å². The predicted octanol–water partition coefficient (Wildman–Crippen LogP) is 18.4. The summed E-state index contributed by atoms with van der Waals surface area (Å²) in [6, 6.07) is 59.0. The highest BCUT2D eigenvalue weighted by Gasteiger charge is 2.36. The third-order valence-electron chi connectivity index (χ3n) is 16.1. The minimum atomic E-state index is 1.14. The number of anilines is 6. The molecule has 0 amide bonds. The van der Waals surface area contributed by atoms with Crippen LogP contribution in [0.3, 0.4) is 0 Å². The van der Waals surface area contributed by atoms with Gasteiger partial charge in [0.15, 0.2) is 0 Å². The van der Waals surface area contributed by atoms with Crippen molar-refractivity contribution in [2.24, 2.45) is 0 Å². The Kier molecular flexibility index (Phi) is 8.17. The topological polar surface area (TPSA) is 6.48 Å². The summed E-state index contributed by atoms with van der Waals surface area (Å²) in [6.45, 7) is 18.6. The predicted molar refractivity (Wildman–Crippen MR) is 284 cm³/mol. The fourth-order valence-electron chi connectivity index (χ4n) is 12.4. The molecule has 13 rings (SSSR count). The number of hydrogen-bond donors (Lipinski definition) is 0. The van der Waals surface area contributed by atoms with Crippen LogP contribution < -0.4 is 9.80 Å². The van der Waals surface area contributed by atoms with Crippen LogP contribution in [0.15, 0.2) is 158 Å². The largest absolute Gasteiger partial charge is 0.310 e. The van der Waals surface area contributed by atoms with Crippen molar-refractivity contribution in [2.45, 2.75) is 55.4 Å². The Morgan fingerprint density at radius 1 is 0.242 bits per heavy atom. The van der Waals surface area contributed by atoms with Gasteiger partial charge in [0.2, 0.25) is 0 Å². The van der Waals surface area contributed by atoms with Crippen molar-refractivity contribution in [2.75, 3.05) is 9.80 Å². The van der Waals surface area contributed by atoms with Crippen LogP contribution in [0.2, 0.25) is 0 Å². The molecule has 11 aromatic carbocycles. The smallest absolute Gasteiger partial charge is 0.0553 e. The van der Waals surface area contributed by atoms with Gasteiger partial charge in [-0.25, -0.2) is 0 Å². The second kappa shape index (κ2) is 13.9. The fourth-order valence-corrected chi connectivity index (χ4v) is 12.4. The lowest BCUT2D eigenvalue weighted by Gasteiger charge is -2.31. The van der Waals surface area contributed by atoms with Crippen molar-refractivity contribution in [1.29, 1.82) is 0 Å². The van der Waals surface area contributed by atoms with Gasteiger partial charge in [0.05, 0.1) is 11.4 Å². The molecule has 0 aliphatic heterocycles. The quantitative estimate of drug-likeness (QED) is 0.122. The van der Waals surface area contributed by atoms with Gasteiger partial charge in [-0.1, -0.05) is 97.1 Å². The molecule has 2 nitrogen and oxygen atoms in total. The first-order valence-corrected chi connectivity index (χ1v) is 23.5. The zero-order chi connectivity index (χ0) is 44.9. The van der Waals surface area contributed by atoms with Gasteiger partial charge in [-0.3, -0.25) is 0 Å². The van der Waals surface area contributed by atoms with Gasteiger partial charge in [0.25, 0.3) is 0 Å². The van der Waals surface area contributed by atoms with Crippen LogP contribution >= 0.6 is 0 Å². The Balaban J connectivity index is 1.31. The normalized spacial score (nSPS) is 12.2. The first-order chi connectivity index (χ1) is 32.2. The molecule has 11 aromatic rings.